The van der Waals surface area contributed by atoms with Gasteiger partial charge in [-0.15, -0.1) is 23.7 Å². The predicted octanol–water partition coefficient (Wildman–Crippen LogP) is 3.11. The standard InChI is InChI=1S/C14H15F2N3OS.ClH/c1-14(2,17)12(20)19-13-18-7-10(21-13)5-8-3-4-9(15)6-11(8)16;/h3-4,6-7H,5,17H2,1-2H3,(H,18,19,20);1H. The van der Waals surface area contributed by atoms with Crippen LogP contribution in [0.3, 0.4) is 0 Å². The number of carbonyl (C=O) groups is 1. The molecule has 0 saturated heterocycles. The first-order chi connectivity index (χ1) is 9.75. The number of aromatic nitrogens is 1. The molecule has 0 radical (unpaired) electrons. The van der Waals surface area contributed by atoms with Crippen molar-refractivity contribution in [1.29, 1.82) is 0 Å². The average Bonchev–Trinajstić information content (AvgIpc) is 2.79. The molecule has 0 spiro atoms. The summed E-state index contributed by atoms with van der Waals surface area (Å²) >= 11 is 1.23. The lowest BCUT2D eigenvalue weighted by atomic mass is 10.1. The second-order valence-electron chi connectivity index (χ2n) is 5.22. The Labute approximate surface area is 137 Å². The van der Waals surface area contributed by atoms with Gasteiger partial charge in [0, 0.05) is 23.6 Å². The van der Waals surface area contributed by atoms with E-state index in [4.69, 9.17) is 5.73 Å². The van der Waals surface area contributed by atoms with E-state index in [9.17, 15) is 13.6 Å². The van der Waals surface area contributed by atoms with Gasteiger partial charge in [-0.1, -0.05) is 6.07 Å². The van der Waals surface area contributed by atoms with Crippen LogP contribution in [0.15, 0.2) is 24.4 Å². The Morgan fingerprint density at radius 3 is 2.68 bits per heavy atom. The van der Waals surface area contributed by atoms with Gasteiger partial charge in [-0.25, -0.2) is 13.8 Å². The fraction of sp³-hybridized carbons (Fsp3) is 0.286. The van der Waals surface area contributed by atoms with Crippen LogP contribution in [0, 0.1) is 11.6 Å². The maximum atomic E-state index is 13.6. The van der Waals surface area contributed by atoms with E-state index in [0.29, 0.717) is 10.7 Å². The molecule has 3 N–H and O–H groups in total. The lowest BCUT2D eigenvalue weighted by Gasteiger charge is -2.16. The number of amides is 1. The van der Waals surface area contributed by atoms with Gasteiger partial charge in [-0.05, 0) is 25.5 Å². The molecule has 1 amide bonds. The van der Waals surface area contributed by atoms with E-state index >= 15 is 0 Å². The number of anilines is 1. The number of nitrogens with one attached hydrogen (secondary N) is 1. The molecule has 0 saturated carbocycles. The Morgan fingerprint density at radius 1 is 1.41 bits per heavy atom. The molecule has 120 valence electrons. The molecule has 0 aliphatic carbocycles. The minimum absolute atomic E-state index is 0. The fourth-order valence-electron chi connectivity index (χ4n) is 1.56. The Morgan fingerprint density at radius 2 is 2.09 bits per heavy atom. The highest BCUT2D eigenvalue weighted by molar-refractivity contribution is 7.15. The van der Waals surface area contributed by atoms with Crippen LogP contribution >= 0.6 is 23.7 Å². The summed E-state index contributed by atoms with van der Waals surface area (Å²) in [6.45, 7) is 3.18. The number of nitrogens with two attached hydrogens (primary N) is 1. The van der Waals surface area contributed by atoms with Crippen molar-refractivity contribution in [3.8, 4) is 0 Å². The van der Waals surface area contributed by atoms with Crippen LogP contribution in [0.1, 0.15) is 24.3 Å². The van der Waals surface area contributed by atoms with Crippen molar-refractivity contribution in [1.82, 2.24) is 4.98 Å². The molecule has 0 aliphatic heterocycles. The summed E-state index contributed by atoms with van der Waals surface area (Å²) in [4.78, 5) is 16.5. The minimum atomic E-state index is -1.01. The molecule has 1 aromatic carbocycles. The average molecular weight is 348 g/mol. The van der Waals surface area contributed by atoms with E-state index < -0.39 is 17.2 Å². The first-order valence-corrected chi connectivity index (χ1v) is 7.06. The number of rotatable bonds is 4. The van der Waals surface area contributed by atoms with Crippen molar-refractivity contribution in [2.75, 3.05) is 5.32 Å². The number of benzene rings is 1. The van der Waals surface area contributed by atoms with Crippen molar-refractivity contribution < 1.29 is 13.6 Å². The molecule has 0 aliphatic rings. The summed E-state index contributed by atoms with van der Waals surface area (Å²) in [5.41, 5.74) is 5.04. The highest BCUT2D eigenvalue weighted by atomic mass is 35.5. The molecule has 8 heteroatoms. The molecular formula is C14H16ClF2N3OS. The SMILES string of the molecule is CC(C)(N)C(=O)Nc1ncc(Cc2ccc(F)cc2F)s1.Cl. The molecule has 0 bridgehead atoms. The first-order valence-electron chi connectivity index (χ1n) is 6.24. The number of carbonyl (C=O) groups excluding carboxylic acids is 1. The molecule has 0 atom stereocenters. The highest BCUT2D eigenvalue weighted by Crippen LogP contribution is 2.23. The fourth-order valence-corrected chi connectivity index (χ4v) is 2.39. The lowest BCUT2D eigenvalue weighted by molar-refractivity contribution is -0.120. The summed E-state index contributed by atoms with van der Waals surface area (Å²) in [5.74, 6) is -1.56. The van der Waals surface area contributed by atoms with Crippen LogP contribution in [0.2, 0.25) is 0 Å². The monoisotopic (exact) mass is 347 g/mol. The van der Waals surface area contributed by atoms with E-state index in [2.05, 4.69) is 10.3 Å². The Bertz CT molecular complexity index is 670. The number of hydrogen-bond acceptors (Lipinski definition) is 4. The van der Waals surface area contributed by atoms with Crippen LogP contribution in [-0.2, 0) is 11.2 Å². The molecule has 0 unspecified atom stereocenters. The van der Waals surface area contributed by atoms with Crippen molar-refractivity contribution in [2.24, 2.45) is 5.73 Å². The van der Waals surface area contributed by atoms with Gasteiger partial charge in [0.1, 0.15) is 11.6 Å². The van der Waals surface area contributed by atoms with E-state index in [1.807, 2.05) is 0 Å². The third kappa shape index (κ3) is 4.72. The molecule has 0 fully saturated rings. The Hall–Kier alpha value is -1.57. The van der Waals surface area contributed by atoms with Crippen molar-refractivity contribution in [3.63, 3.8) is 0 Å². The smallest absolute Gasteiger partial charge is 0.245 e. The summed E-state index contributed by atoms with van der Waals surface area (Å²) in [5, 5.41) is 3.00. The summed E-state index contributed by atoms with van der Waals surface area (Å²) in [7, 11) is 0. The molecule has 2 rings (SSSR count). The van der Waals surface area contributed by atoms with Crippen LogP contribution in [-0.4, -0.2) is 16.4 Å². The van der Waals surface area contributed by atoms with Gasteiger partial charge in [-0.3, -0.25) is 4.79 Å². The zero-order chi connectivity index (χ0) is 15.6. The second kappa shape index (κ2) is 7.13. The topological polar surface area (TPSA) is 68.0 Å². The van der Waals surface area contributed by atoms with E-state index in [1.54, 1.807) is 20.0 Å². The van der Waals surface area contributed by atoms with Crippen molar-refractivity contribution in [2.45, 2.75) is 25.8 Å². The van der Waals surface area contributed by atoms with Gasteiger partial charge in [0.2, 0.25) is 5.91 Å². The van der Waals surface area contributed by atoms with Crippen molar-refractivity contribution >= 4 is 34.8 Å². The molecule has 1 heterocycles. The Kier molecular flexibility index (Phi) is 5.99. The van der Waals surface area contributed by atoms with Crippen LogP contribution in [0.25, 0.3) is 0 Å². The van der Waals surface area contributed by atoms with E-state index in [-0.39, 0.29) is 24.7 Å². The molecule has 2 aromatic rings. The Balaban J connectivity index is 0.00000242. The maximum absolute atomic E-state index is 13.6. The van der Waals surface area contributed by atoms with Gasteiger partial charge in [0.25, 0.3) is 0 Å². The van der Waals surface area contributed by atoms with Gasteiger partial charge in [0.05, 0.1) is 5.54 Å². The van der Waals surface area contributed by atoms with Gasteiger partial charge < -0.3 is 11.1 Å². The largest absolute Gasteiger partial charge is 0.318 e. The summed E-state index contributed by atoms with van der Waals surface area (Å²) in [6.07, 6.45) is 1.83. The summed E-state index contributed by atoms with van der Waals surface area (Å²) in [6, 6.07) is 3.45. The van der Waals surface area contributed by atoms with Crippen LogP contribution in [0.4, 0.5) is 13.9 Å². The normalized spacial score (nSPS) is 11.0. The van der Waals surface area contributed by atoms with E-state index in [1.165, 1.54) is 23.5 Å². The third-order valence-corrected chi connectivity index (χ3v) is 3.65. The second-order valence-corrected chi connectivity index (χ2v) is 6.34. The number of nitrogens with zero attached hydrogens (tertiary/aromatic N) is 1. The molecule has 22 heavy (non-hydrogen) atoms. The minimum Gasteiger partial charge on any atom is -0.318 e. The van der Waals surface area contributed by atoms with Gasteiger partial charge >= 0.3 is 0 Å². The maximum Gasteiger partial charge on any atom is 0.245 e. The quantitative estimate of drug-likeness (QED) is 0.893. The van der Waals surface area contributed by atoms with Crippen LogP contribution in [0.5, 0.6) is 0 Å². The lowest BCUT2D eigenvalue weighted by Crippen LogP contribution is -2.45. The number of hydrogen-bond donors (Lipinski definition) is 2. The third-order valence-electron chi connectivity index (χ3n) is 2.74. The molecular weight excluding hydrogens is 332 g/mol. The van der Waals surface area contributed by atoms with E-state index in [0.717, 1.165) is 10.9 Å². The zero-order valence-electron chi connectivity index (χ0n) is 12.0. The molecule has 4 nitrogen and oxygen atoms in total. The first kappa shape index (κ1) is 18.5. The van der Waals surface area contributed by atoms with Gasteiger partial charge in [0.15, 0.2) is 5.13 Å². The predicted molar refractivity (Wildman–Crippen MR) is 85.4 cm³/mol. The number of thiazole rings is 1. The molecule has 1 aromatic heterocycles. The van der Waals surface area contributed by atoms with Gasteiger partial charge in [-0.2, -0.15) is 0 Å². The van der Waals surface area contributed by atoms with Crippen molar-refractivity contribution in [3.05, 3.63) is 46.5 Å². The highest BCUT2D eigenvalue weighted by Gasteiger charge is 2.22. The summed E-state index contributed by atoms with van der Waals surface area (Å²) < 4.78 is 26.4. The zero-order valence-corrected chi connectivity index (χ0v) is 13.7. The van der Waals surface area contributed by atoms with Crippen LogP contribution < -0.4 is 11.1 Å². The number of halogens is 3.